The zero-order chi connectivity index (χ0) is 38.7. The first kappa shape index (κ1) is 40.9. The number of carbonyl (C=O) groups excluding carboxylic acids is 2. The summed E-state index contributed by atoms with van der Waals surface area (Å²) < 4.78 is 60.7. The highest BCUT2D eigenvalue weighted by Gasteiger charge is 2.49. The number of aliphatic hydroxyl groups excluding tert-OH is 1. The van der Waals surface area contributed by atoms with Gasteiger partial charge < -0.3 is 25.5 Å². The lowest BCUT2D eigenvalue weighted by Crippen LogP contribution is -2.44. The zero-order valence-corrected chi connectivity index (χ0v) is 29.7. The molecule has 10 nitrogen and oxygen atoms in total. The highest BCUT2D eigenvalue weighted by Crippen LogP contribution is 2.46. The SMILES string of the molecule is CC[C@H](NC(C)=O)c1cc(C)c(Cl)cc1C1CCN(C(=O)[C@@H]2CC(N3C[C@H](O)C[C@@H]3C(=O)O)C[C@H]2c2ccc(F)cc2F)CC1.O=C(O)C(F)(F)F. The van der Waals surface area contributed by atoms with Crippen LogP contribution in [0.1, 0.15) is 92.5 Å². The summed E-state index contributed by atoms with van der Waals surface area (Å²) >= 11 is 6.56. The summed E-state index contributed by atoms with van der Waals surface area (Å²) in [6, 6.07) is 6.04. The third kappa shape index (κ3) is 9.58. The predicted octanol–water partition coefficient (Wildman–Crippen LogP) is 5.94. The molecule has 0 aromatic heterocycles. The van der Waals surface area contributed by atoms with E-state index in [-0.39, 0.29) is 48.3 Å². The van der Waals surface area contributed by atoms with Gasteiger partial charge in [-0.3, -0.25) is 19.3 Å². The van der Waals surface area contributed by atoms with E-state index < -0.39 is 53.7 Å². The lowest BCUT2D eigenvalue weighted by atomic mass is 9.82. The Labute approximate surface area is 302 Å². The number of amides is 2. The molecule has 6 atom stereocenters. The maximum atomic E-state index is 15.1. The van der Waals surface area contributed by atoms with Crippen molar-refractivity contribution in [1.29, 1.82) is 0 Å². The van der Waals surface area contributed by atoms with E-state index in [1.54, 1.807) is 4.90 Å². The fourth-order valence-electron chi connectivity index (χ4n) is 7.85. The molecule has 3 fully saturated rings. The molecule has 3 aliphatic rings. The number of piperidine rings is 1. The molecule has 286 valence electrons. The van der Waals surface area contributed by atoms with Crippen LogP contribution in [0.3, 0.4) is 0 Å². The fourth-order valence-corrected chi connectivity index (χ4v) is 8.02. The number of carboxylic acid groups (broad SMARTS) is 2. The van der Waals surface area contributed by atoms with Crippen LogP contribution in [0.5, 0.6) is 0 Å². The molecular weight excluding hydrogens is 717 g/mol. The number of hydrogen-bond donors (Lipinski definition) is 4. The van der Waals surface area contributed by atoms with Crippen molar-refractivity contribution >= 4 is 35.4 Å². The van der Waals surface area contributed by atoms with E-state index in [0.29, 0.717) is 50.2 Å². The van der Waals surface area contributed by atoms with Gasteiger partial charge in [0.2, 0.25) is 11.8 Å². The summed E-state index contributed by atoms with van der Waals surface area (Å²) in [6.45, 7) is 6.59. The van der Waals surface area contributed by atoms with Gasteiger partial charge in [0.05, 0.1) is 12.1 Å². The quantitative estimate of drug-likeness (QED) is 0.242. The number of rotatable bonds is 8. The zero-order valence-electron chi connectivity index (χ0n) is 28.9. The molecule has 2 amide bonds. The molecule has 1 saturated carbocycles. The molecule has 1 unspecified atom stereocenters. The molecule has 2 aromatic carbocycles. The second kappa shape index (κ2) is 16.9. The van der Waals surface area contributed by atoms with Gasteiger partial charge in [-0.1, -0.05) is 30.7 Å². The van der Waals surface area contributed by atoms with E-state index in [9.17, 15) is 42.2 Å². The van der Waals surface area contributed by atoms with Crippen LogP contribution in [0, 0.1) is 24.5 Å². The van der Waals surface area contributed by atoms with Crippen LogP contribution in [-0.2, 0) is 19.2 Å². The van der Waals surface area contributed by atoms with Crippen LogP contribution in [-0.4, -0.2) is 92.9 Å². The maximum absolute atomic E-state index is 15.1. The number of aliphatic hydroxyl groups is 1. The van der Waals surface area contributed by atoms with Crippen molar-refractivity contribution < 1.29 is 56.4 Å². The lowest BCUT2D eigenvalue weighted by molar-refractivity contribution is -0.192. The smallest absolute Gasteiger partial charge is 0.480 e. The number of nitrogens with one attached hydrogen (secondary N) is 1. The van der Waals surface area contributed by atoms with Crippen molar-refractivity contribution in [2.45, 2.75) is 102 Å². The van der Waals surface area contributed by atoms with Crippen LogP contribution in [0.4, 0.5) is 22.0 Å². The number of carboxylic acids is 2. The number of hydrogen-bond acceptors (Lipinski definition) is 6. The highest BCUT2D eigenvalue weighted by molar-refractivity contribution is 6.31. The molecule has 0 bridgehead atoms. The number of β-amino-alcohol motifs (C(OH)–C–C–N with tert-alkyl or cyclic N) is 1. The first-order valence-electron chi connectivity index (χ1n) is 17.1. The Bertz CT molecular complexity index is 1650. The monoisotopic (exact) mass is 759 g/mol. The molecule has 1 aliphatic carbocycles. The van der Waals surface area contributed by atoms with Crippen LogP contribution in [0.25, 0.3) is 0 Å². The molecule has 2 aliphatic heterocycles. The van der Waals surface area contributed by atoms with Crippen molar-refractivity contribution in [2.24, 2.45) is 5.92 Å². The summed E-state index contributed by atoms with van der Waals surface area (Å²) in [6.07, 6.45) is -3.05. The van der Waals surface area contributed by atoms with Crippen molar-refractivity contribution in [3.63, 3.8) is 0 Å². The molecular formula is C36H43ClF5N3O7. The van der Waals surface area contributed by atoms with Gasteiger partial charge in [-0.25, -0.2) is 13.6 Å². The van der Waals surface area contributed by atoms with Gasteiger partial charge in [-0.15, -0.1) is 0 Å². The number of nitrogens with zero attached hydrogens (tertiary/aromatic N) is 2. The summed E-state index contributed by atoms with van der Waals surface area (Å²) in [5, 5.41) is 30.9. The van der Waals surface area contributed by atoms with E-state index in [1.807, 2.05) is 30.9 Å². The van der Waals surface area contributed by atoms with Crippen molar-refractivity contribution in [3.05, 3.63) is 69.2 Å². The average molecular weight is 760 g/mol. The Morgan fingerprint density at radius 2 is 1.63 bits per heavy atom. The number of benzene rings is 2. The van der Waals surface area contributed by atoms with Crippen molar-refractivity contribution in [3.8, 4) is 0 Å². The van der Waals surface area contributed by atoms with Crippen LogP contribution < -0.4 is 5.32 Å². The molecule has 2 heterocycles. The third-order valence-corrected chi connectivity index (χ3v) is 10.7. The van der Waals surface area contributed by atoms with Crippen LogP contribution in [0.2, 0.25) is 5.02 Å². The van der Waals surface area contributed by atoms with Gasteiger partial charge >= 0.3 is 18.1 Å². The number of likely N-dealkylation sites (tertiary alicyclic amines) is 2. The number of aryl methyl sites for hydroxylation is 1. The lowest BCUT2D eigenvalue weighted by Gasteiger charge is -2.36. The second-order valence-electron chi connectivity index (χ2n) is 13.7. The Morgan fingerprint density at radius 3 is 2.17 bits per heavy atom. The normalized spacial score (nSPS) is 24.6. The molecule has 52 heavy (non-hydrogen) atoms. The summed E-state index contributed by atoms with van der Waals surface area (Å²) in [4.78, 5) is 50.5. The van der Waals surface area contributed by atoms with Crippen molar-refractivity contribution in [2.75, 3.05) is 19.6 Å². The minimum atomic E-state index is -5.08. The molecule has 2 aromatic rings. The Hall–Kier alpha value is -3.82. The fraction of sp³-hybridized carbons (Fsp3) is 0.556. The number of alkyl halides is 3. The van der Waals surface area contributed by atoms with Crippen LogP contribution in [0.15, 0.2) is 30.3 Å². The van der Waals surface area contributed by atoms with E-state index >= 15 is 4.39 Å². The Morgan fingerprint density at radius 1 is 1.00 bits per heavy atom. The summed E-state index contributed by atoms with van der Waals surface area (Å²) in [7, 11) is 0. The van der Waals surface area contributed by atoms with E-state index in [0.717, 1.165) is 22.8 Å². The first-order valence-corrected chi connectivity index (χ1v) is 17.5. The van der Waals surface area contributed by atoms with E-state index in [1.165, 1.54) is 19.1 Å². The Balaban J connectivity index is 0.000000785. The minimum Gasteiger partial charge on any atom is -0.480 e. The van der Waals surface area contributed by atoms with Crippen LogP contribution >= 0.6 is 11.6 Å². The standard InChI is InChI=1S/C34H42ClF2N3O5.C2HF3O2/c1-4-31(38-19(3)41)27-11-18(2)29(35)16-25(27)20-7-9-39(10-8-20)33(43)28-14-22(40-17-23(42)15-32(40)34(44)45)13-26(28)24-6-5-21(36)12-30(24)37;3-2(4,5)1(6)7/h5-6,11-12,16,20,22-23,26,28,31-32,42H,4,7-10,13-15,17H2,1-3H3,(H,38,41)(H,44,45);(H,6,7)/t22?,23-,26+,28-,31+,32-;/m1./s1. The maximum Gasteiger partial charge on any atom is 0.490 e. The highest BCUT2D eigenvalue weighted by atomic mass is 35.5. The van der Waals surface area contributed by atoms with Gasteiger partial charge in [-0.2, -0.15) is 13.2 Å². The van der Waals surface area contributed by atoms with Gasteiger partial charge in [-0.05, 0) is 85.3 Å². The Kier molecular flexibility index (Phi) is 13.3. The largest absolute Gasteiger partial charge is 0.490 e. The van der Waals surface area contributed by atoms with E-state index in [4.69, 9.17) is 21.5 Å². The number of halogens is 6. The summed E-state index contributed by atoms with van der Waals surface area (Å²) in [5.41, 5.74) is 3.28. The topological polar surface area (TPSA) is 147 Å². The molecule has 2 saturated heterocycles. The second-order valence-corrected chi connectivity index (χ2v) is 14.1. The van der Waals surface area contributed by atoms with E-state index in [2.05, 4.69) is 5.32 Å². The molecule has 5 rings (SSSR count). The van der Waals surface area contributed by atoms with Gasteiger partial charge in [0.25, 0.3) is 0 Å². The third-order valence-electron chi connectivity index (χ3n) is 10.3. The minimum absolute atomic E-state index is 0.0966. The van der Waals surface area contributed by atoms with Crippen molar-refractivity contribution in [1.82, 2.24) is 15.1 Å². The number of carbonyl (C=O) groups is 4. The van der Waals surface area contributed by atoms with Gasteiger partial charge in [0.15, 0.2) is 0 Å². The first-order chi connectivity index (χ1) is 24.3. The van der Waals surface area contributed by atoms with Gasteiger partial charge in [0.1, 0.15) is 17.7 Å². The molecule has 0 radical (unpaired) electrons. The summed E-state index contributed by atoms with van der Waals surface area (Å²) in [5.74, 6) is -6.51. The average Bonchev–Trinajstić information content (AvgIpc) is 3.68. The molecule has 16 heteroatoms. The number of aliphatic carboxylic acids is 2. The molecule has 4 N–H and O–H groups in total. The van der Waals surface area contributed by atoms with Gasteiger partial charge in [0, 0.05) is 56.0 Å². The molecule has 0 spiro atoms. The predicted molar refractivity (Wildman–Crippen MR) is 180 cm³/mol.